The monoisotopic (exact) mass is 516 g/mol. The van der Waals surface area contributed by atoms with E-state index in [4.69, 9.17) is 20.0 Å². The minimum absolute atomic E-state index is 0.0680. The second-order valence-electron chi connectivity index (χ2n) is 7.53. The zero-order valence-electron chi connectivity index (χ0n) is 18.9. The largest absolute Gasteiger partial charge is 0.371 e. The van der Waals surface area contributed by atoms with Crippen LogP contribution >= 0.6 is 11.6 Å². The molecule has 0 aliphatic rings. The van der Waals surface area contributed by atoms with Gasteiger partial charge in [0.25, 0.3) is 20.2 Å². The van der Waals surface area contributed by atoms with Crippen LogP contribution in [0.3, 0.4) is 0 Å². The molecule has 0 saturated heterocycles. The number of hydrogen-bond acceptors (Lipinski definition) is 8. The number of aliphatic imine (C=N–C) groups is 1. The maximum absolute atomic E-state index is 11.2. The van der Waals surface area contributed by atoms with Crippen molar-refractivity contribution in [2.75, 3.05) is 43.7 Å². The fourth-order valence-electron chi connectivity index (χ4n) is 3.00. The molecule has 11 heteroatoms. The minimum Gasteiger partial charge on any atom is -0.371 e. The molecule has 0 aliphatic carbocycles. The smallest absolute Gasteiger partial charge is 0.264 e. The van der Waals surface area contributed by atoms with Gasteiger partial charge in [0.2, 0.25) is 0 Å². The van der Waals surface area contributed by atoms with Crippen LogP contribution in [0.1, 0.15) is 24.0 Å². The lowest BCUT2D eigenvalue weighted by Gasteiger charge is -2.25. The van der Waals surface area contributed by atoms with Crippen LogP contribution in [0.25, 0.3) is 0 Å². The van der Waals surface area contributed by atoms with Crippen molar-refractivity contribution >= 4 is 49.4 Å². The van der Waals surface area contributed by atoms with Crippen molar-refractivity contribution in [1.29, 1.82) is 0 Å². The van der Waals surface area contributed by atoms with Gasteiger partial charge in [-0.3, -0.25) is 13.4 Å². The van der Waals surface area contributed by atoms with Gasteiger partial charge in [0, 0.05) is 30.0 Å². The Morgan fingerprint density at radius 1 is 0.939 bits per heavy atom. The van der Waals surface area contributed by atoms with Crippen LogP contribution in [0.5, 0.6) is 0 Å². The number of anilines is 1. The molecule has 0 spiro atoms. The van der Waals surface area contributed by atoms with Gasteiger partial charge in [-0.2, -0.15) is 16.8 Å². The Kier molecular flexibility index (Phi) is 10.3. The number of benzene rings is 2. The summed E-state index contributed by atoms with van der Waals surface area (Å²) in [6.45, 7) is 3.17. The van der Waals surface area contributed by atoms with E-state index in [9.17, 15) is 16.8 Å². The Morgan fingerprint density at radius 3 is 2.06 bits per heavy atom. The lowest BCUT2D eigenvalue weighted by molar-refractivity contribution is 0.310. The molecular formula is C22H29ClN2O6S2. The third kappa shape index (κ3) is 11.1. The summed E-state index contributed by atoms with van der Waals surface area (Å²) in [5.41, 5.74) is 3.62. The van der Waals surface area contributed by atoms with Crippen molar-refractivity contribution in [3.63, 3.8) is 0 Å². The van der Waals surface area contributed by atoms with E-state index in [1.165, 1.54) is 0 Å². The summed E-state index contributed by atoms with van der Waals surface area (Å²) in [6.07, 6.45) is 4.77. The third-order valence-electron chi connectivity index (χ3n) is 4.52. The predicted octanol–water partition coefficient (Wildman–Crippen LogP) is 3.94. The summed E-state index contributed by atoms with van der Waals surface area (Å²) < 4.78 is 54.4. The van der Waals surface area contributed by atoms with Crippen LogP contribution in [0.2, 0.25) is 5.02 Å². The molecule has 0 unspecified atom stereocenters. The Balaban J connectivity index is 2.10. The Hall–Kier alpha value is -1.98. The molecule has 0 N–H and O–H groups in total. The lowest BCUT2D eigenvalue weighted by atomic mass is 10.1. The first-order chi connectivity index (χ1) is 15.4. The summed E-state index contributed by atoms with van der Waals surface area (Å²) >= 11 is 6.00. The van der Waals surface area contributed by atoms with Gasteiger partial charge in [0.05, 0.1) is 31.4 Å². The van der Waals surface area contributed by atoms with Gasteiger partial charge in [-0.25, -0.2) is 0 Å². The van der Waals surface area contributed by atoms with Crippen molar-refractivity contribution < 1.29 is 25.2 Å². The second-order valence-corrected chi connectivity index (χ2v) is 11.2. The van der Waals surface area contributed by atoms with Crippen LogP contribution < -0.4 is 4.90 Å². The quantitative estimate of drug-likeness (QED) is 0.226. The highest BCUT2D eigenvalue weighted by Gasteiger charge is 2.10. The Labute approximate surface area is 201 Å². The van der Waals surface area contributed by atoms with Crippen molar-refractivity contribution in [1.82, 2.24) is 0 Å². The average Bonchev–Trinajstić information content (AvgIpc) is 2.70. The topological polar surface area (TPSA) is 102 Å². The number of halogens is 1. The zero-order chi connectivity index (χ0) is 24.5. The molecule has 0 heterocycles. The van der Waals surface area contributed by atoms with Crippen LogP contribution in [-0.4, -0.2) is 61.9 Å². The van der Waals surface area contributed by atoms with E-state index in [-0.39, 0.29) is 13.2 Å². The lowest BCUT2D eigenvalue weighted by Crippen LogP contribution is -2.28. The molecule has 0 fully saturated rings. The molecule has 0 atom stereocenters. The molecule has 182 valence electrons. The number of aryl methyl sites for hydroxylation is 1. The van der Waals surface area contributed by atoms with E-state index < -0.39 is 20.2 Å². The molecule has 33 heavy (non-hydrogen) atoms. The van der Waals surface area contributed by atoms with E-state index in [0.29, 0.717) is 31.0 Å². The minimum atomic E-state index is -3.50. The predicted molar refractivity (Wildman–Crippen MR) is 133 cm³/mol. The Morgan fingerprint density at radius 2 is 1.55 bits per heavy atom. The molecule has 0 radical (unpaired) electrons. The molecule has 2 rings (SSSR count). The highest BCUT2D eigenvalue weighted by molar-refractivity contribution is 7.86. The van der Waals surface area contributed by atoms with E-state index >= 15 is 0 Å². The zero-order valence-corrected chi connectivity index (χ0v) is 21.3. The van der Waals surface area contributed by atoms with Gasteiger partial charge in [0.15, 0.2) is 0 Å². The van der Waals surface area contributed by atoms with Crippen LogP contribution in [-0.2, 0) is 28.6 Å². The molecule has 0 saturated carbocycles. The maximum Gasteiger partial charge on any atom is 0.264 e. The molecule has 2 aromatic carbocycles. The first-order valence-electron chi connectivity index (χ1n) is 10.3. The van der Waals surface area contributed by atoms with Crippen molar-refractivity contribution in [3.05, 3.63) is 58.6 Å². The Bertz CT molecular complexity index is 1130. The molecule has 0 aliphatic heterocycles. The second kappa shape index (κ2) is 12.5. The highest BCUT2D eigenvalue weighted by Crippen LogP contribution is 2.21. The molecule has 0 aromatic heterocycles. The van der Waals surface area contributed by atoms with E-state index in [1.807, 2.05) is 42.2 Å². The fraction of sp³-hybridized carbons (Fsp3) is 0.409. The van der Waals surface area contributed by atoms with Crippen LogP contribution in [0.4, 0.5) is 11.4 Å². The van der Waals surface area contributed by atoms with Gasteiger partial charge < -0.3 is 4.90 Å². The fourth-order valence-corrected chi connectivity index (χ4v) is 4.03. The van der Waals surface area contributed by atoms with Gasteiger partial charge >= 0.3 is 0 Å². The summed E-state index contributed by atoms with van der Waals surface area (Å²) in [5.74, 6) is 0. The van der Waals surface area contributed by atoms with Gasteiger partial charge in [-0.05, 0) is 61.2 Å². The highest BCUT2D eigenvalue weighted by atomic mass is 35.5. The summed E-state index contributed by atoms with van der Waals surface area (Å²) in [5, 5.41) is 0.618. The molecular weight excluding hydrogens is 488 g/mol. The summed E-state index contributed by atoms with van der Waals surface area (Å²) in [7, 11) is -6.99. The summed E-state index contributed by atoms with van der Waals surface area (Å²) in [4.78, 5) is 6.51. The first-order valence-corrected chi connectivity index (χ1v) is 14.3. The molecule has 8 nitrogen and oxygen atoms in total. The summed E-state index contributed by atoms with van der Waals surface area (Å²) in [6, 6.07) is 13.2. The van der Waals surface area contributed by atoms with Crippen LogP contribution in [0.15, 0.2) is 47.5 Å². The van der Waals surface area contributed by atoms with Crippen molar-refractivity contribution in [2.24, 2.45) is 4.99 Å². The number of nitrogens with zero attached hydrogens (tertiary/aromatic N) is 2. The van der Waals surface area contributed by atoms with Gasteiger partial charge in [-0.1, -0.05) is 23.7 Å². The van der Waals surface area contributed by atoms with Gasteiger partial charge in [0.1, 0.15) is 0 Å². The number of hydrogen-bond donors (Lipinski definition) is 0. The maximum atomic E-state index is 11.2. The van der Waals surface area contributed by atoms with Crippen LogP contribution in [0, 0.1) is 6.92 Å². The van der Waals surface area contributed by atoms with E-state index in [1.54, 1.807) is 18.3 Å². The first kappa shape index (κ1) is 27.3. The molecule has 0 amide bonds. The third-order valence-corrected chi connectivity index (χ3v) is 5.94. The van der Waals surface area contributed by atoms with Crippen molar-refractivity contribution in [3.8, 4) is 0 Å². The normalized spacial score (nSPS) is 12.4. The average molecular weight is 517 g/mol. The van der Waals surface area contributed by atoms with E-state index in [0.717, 1.165) is 35.0 Å². The number of rotatable bonds is 13. The van der Waals surface area contributed by atoms with E-state index in [2.05, 4.69) is 4.99 Å². The van der Waals surface area contributed by atoms with Gasteiger partial charge in [-0.15, -0.1) is 0 Å². The molecule has 0 bridgehead atoms. The SMILES string of the molecule is Cc1cc(N(CCCOS(C)(=O)=O)CCCOS(C)(=O)=O)ccc1C=Nc1cccc(Cl)c1. The molecule has 2 aromatic rings. The standard InChI is InChI=1S/C22H29ClN2O6S2/c1-18-15-22(10-9-19(18)17-24-21-8-4-7-20(23)16-21)25(11-5-13-30-32(2,26)27)12-6-14-31-33(3,28)29/h4,7-10,15-17H,5-6,11-14H2,1-3H3. The van der Waals surface area contributed by atoms with Crippen molar-refractivity contribution in [2.45, 2.75) is 19.8 Å².